The van der Waals surface area contributed by atoms with Crippen molar-refractivity contribution in [1.29, 1.82) is 0 Å². The lowest BCUT2D eigenvalue weighted by atomic mass is 10.1. The van der Waals surface area contributed by atoms with Gasteiger partial charge in [-0.2, -0.15) is 0 Å². The minimum absolute atomic E-state index is 0.0625. The Balaban J connectivity index is 2.79. The number of hydrogen-bond donors (Lipinski definition) is 0. The fourth-order valence-electron chi connectivity index (χ4n) is 1.45. The summed E-state index contributed by atoms with van der Waals surface area (Å²) in [6, 6.07) is 5.40. The highest BCUT2D eigenvalue weighted by molar-refractivity contribution is 5.94. The summed E-state index contributed by atoms with van der Waals surface area (Å²) in [4.78, 5) is 11.2. The second-order valence-electron chi connectivity index (χ2n) is 3.68. The molecule has 16 heavy (non-hydrogen) atoms. The molecule has 0 aliphatic rings. The lowest BCUT2D eigenvalue weighted by Gasteiger charge is -2.16. The van der Waals surface area contributed by atoms with E-state index in [1.807, 2.05) is 32.9 Å². The molecule has 0 N–H and O–H groups in total. The third-order valence-electron chi connectivity index (χ3n) is 2.28. The highest BCUT2D eigenvalue weighted by Crippen LogP contribution is 2.20. The third kappa shape index (κ3) is 3.35. The summed E-state index contributed by atoms with van der Waals surface area (Å²) in [7, 11) is 0. The van der Waals surface area contributed by atoms with Crippen LogP contribution >= 0.6 is 0 Å². The first-order chi connectivity index (χ1) is 7.54. The van der Waals surface area contributed by atoms with E-state index >= 15 is 0 Å². The number of ether oxygens (including phenoxy) is 2. The monoisotopic (exact) mass is 222 g/mol. The molecule has 3 nitrogen and oxygen atoms in total. The van der Waals surface area contributed by atoms with Crippen LogP contribution in [-0.2, 0) is 4.74 Å². The van der Waals surface area contributed by atoms with Crippen molar-refractivity contribution in [3.63, 3.8) is 0 Å². The Morgan fingerprint density at radius 3 is 2.62 bits per heavy atom. The number of carbonyl (C=O) groups excluding carboxylic acids is 1. The van der Waals surface area contributed by atoms with Crippen molar-refractivity contribution in [2.75, 3.05) is 6.61 Å². The number of ketones is 1. The predicted molar refractivity (Wildman–Crippen MR) is 62.9 cm³/mol. The number of carbonyl (C=O) groups is 1. The van der Waals surface area contributed by atoms with Gasteiger partial charge in [-0.15, -0.1) is 0 Å². The quantitative estimate of drug-likeness (QED) is 0.567. The van der Waals surface area contributed by atoms with Crippen molar-refractivity contribution in [1.82, 2.24) is 0 Å². The summed E-state index contributed by atoms with van der Waals surface area (Å²) in [5, 5.41) is 0. The summed E-state index contributed by atoms with van der Waals surface area (Å²) >= 11 is 0. The maximum Gasteiger partial charge on any atom is 0.196 e. The van der Waals surface area contributed by atoms with Crippen molar-refractivity contribution in [3.05, 3.63) is 29.3 Å². The smallest absolute Gasteiger partial charge is 0.196 e. The van der Waals surface area contributed by atoms with Crippen molar-refractivity contribution >= 4 is 5.78 Å². The molecule has 0 spiro atoms. The van der Waals surface area contributed by atoms with E-state index in [-0.39, 0.29) is 12.1 Å². The molecule has 1 aromatic rings. The molecule has 1 unspecified atom stereocenters. The molecule has 0 aromatic heterocycles. The van der Waals surface area contributed by atoms with Crippen LogP contribution in [0.3, 0.4) is 0 Å². The Hall–Kier alpha value is -1.35. The van der Waals surface area contributed by atoms with Crippen LogP contribution in [-0.4, -0.2) is 18.7 Å². The molecule has 0 saturated carbocycles. The summed E-state index contributed by atoms with van der Waals surface area (Å²) in [6.45, 7) is 7.86. The molecule has 0 radical (unpaired) electrons. The fourth-order valence-corrected chi connectivity index (χ4v) is 1.45. The minimum atomic E-state index is -0.271. The minimum Gasteiger partial charge on any atom is -0.465 e. The second kappa shape index (κ2) is 5.66. The average Bonchev–Trinajstić information content (AvgIpc) is 2.21. The number of aryl methyl sites for hydroxylation is 1. The molecule has 0 saturated heterocycles. The van der Waals surface area contributed by atoms with Crippen LogP contribution in [0.1, 0.15) is 36.7 Å². The first kappa shape index (κ1) is 12.7. The molecule has 1 rings (SSSR count). The lowest BCUT2D eigenvalue weighted by Crippen LogP contribution is -2.16. The topological polar surface area (TPSA) is 35.5 Å². The maximum absolute atomic E-state index is 11.2. The first-order valence-corrected chi connectivity index (χ1v) is 5.44. The molecule has 88 valence electrons. The first-order valence-electron chi connectivity index (χ1n) is 5.44. The molecule has 0 aliphatic heterocycles. The highest BCUT2D eigenvalue weighted by Gasteiger charge is 2.07. The summed E-state index contributed by atoms with van der Waals surface area (Å²) < 4.78 is 10.9. The zero-order valence-electron chi connectivity index (χ0n) is 10.2. The molecular formula is C13H18O3. The van der Waals surface area contributed by atoms with Crippen LogP contribution in [0.25, 0.3) is 0 Å². The largest absolute Gasteiger partial charge is 0.465 e. The van der Waals surface area contributed by atoms with Gasteiger partial charge in [-0.25, -0.2) is 0 Å². The van der Waals surface area contributed by atoms with Gasteiger partial charge in [0.2, 0.25) is 0 Å². The molecule has 0 bridgehead atoms. The van der Waals surface area contributed by atoms with Crippen LogP contribution < -0.4 is 4.74 Å². The molecule has 3 heteroatoms. The van der Waals surface area contributed by atoms with E-state index in [0.29, 0.717) is 12.2 Å². The van der Waals surface area contributed by atoms with E-state index in [1.54, 1.807) is 13.0 Å². The molecular weight excluding hydrogens is 204 g/mol. The number of benzene rings is 1. The van der Waals surface area contributed by atoms with Gasteiger partial charge in [-0.05, 0) is 51.5 Å². The van der Waals surface area contributed by atoms with Crippen LogP contribution in [0.2, 0.25) is 0 Å². The number of Topliss-reactive ketones (excluding diaryl/α,β-unsaturated/α-hetero) is 1. The molecule has 1 aromatic carbocycles. The van der Waals surface area contributed by atoms with Crippen molar-refractivity contribution in [3.8, 4) is 5.75 Å². The summed E-state index contributed by atoms with van der Waals surface area (Å²) in [5.41, 5.74) is 1.65. The van der Waals surface area contributed by atoms with E-state index in [2.05, 4.69) is 0 Å². The van der Waals surface area contributed by atoms with Gasteiger partial charge >= 0.3 is 0 Å². The van der Waals surface area contributed by atoms with Crippen LogP contribution in [0.15, 0.2) is 18.2 Å². The van der Waals surface area contributed by atoms with E-state index in [9.17, 15) is 4.79 Å². The second-order valence-corrected chi connectivity index (χ2v) is 3.68. The van der Waals surface area contributed by atoms with Gasteiger partial charge in [-0.1, -0.05) is 0 Å². The van der Waals surface area contributed by atoms with Crippen LogP contribution in [0, 0.1) is 6.92 Å². The summed E-state index contributed by atoms with van der Waals surface area (Å²) in [5.74, 6) is 0.818. The van der Waals surface area contributed by atoms with Crippen LogP contribution in [0.5, 0.6) is 5.75 Å². The lowest BCUT2D eigenvalue weighted by molar-refractivity contribution is -0.0616. The van der Waals surface area contributed by atoms with E-state index in [1.165, 1.54) is 0 Å². The van der Waals surface area contributed by atoms with E-state index in [0.717, 1.165) is 11.3 Å². The van der Waals surface area contributed by atoms with Gasteiger partial charge in [0.1, 0.15) is 5.75 Å². The summed E-state index contributed by atoms with van der Waals surface area (Å²) in [6.07, 6.45) is -0.271. The Morgan fingerprint density at radius 1 is 1.44 bits per heavy atom. The molecule has 0 amide bonds. The Kier molecular flexibility index (Phi) is 4.50. The van der Waals surface area contributed by atoms with Gasteiger partial charge in [-0.3, -0.25) is 4.79 Å². The van der Waals surface area contributed by atoms with Gasteiger partial charge in [0.05, 0.1) is 0 Å². The maximum atomic E-state index is 11.2. The van der Waals surface area contributed by atoms with Crippen LogP contribution in [0.4, 0.5) is 0 Å². The van der Waals surface area contributed by atoms with Gasteiger partial charge in [0, 0.05) is 12.2 Å². The van der Waals surface area contributed by atoms with E-state index < -0.39 is 0 Å². The van der Waals surface area contributed by atoms with Gasteiger partial charge in [0.25, 0.3) is 0 Å². The Labute approximate surface area is 96.4 Å². The standard InChI is InChI=1S/C13H18O3/c1-5-15-11(4)16-13-7-6-12(10(3)14)8-9(13)2/h6-8,11H,5H2,1-4H3. The highest BCUT2D eigenvalue weighted by atomic mass is 16.7. The SMILES string of the molecule is CCOC(C)Oc1ccc(C(C)=O)cc1C. The van der Waals surface area contributed by atoms with Crippen molar-refractivity contribution in [2.24, 2.45) is 0 Å². The zero-order valence-corrected chi connectivity index (χ0v) is 10.2. The molecule has 0 heterocycles. The Bertz CT molecular complexity index is 371. The number of rotatable bonds is 5. The number of hydrogen-bond acceptors (Lipinski definition) is 3. The van der Waals surface area contributed by atoms with Gasteiger partial charge < -0.3 is 9.47 Å². The van der Waals surface area contributed by atoms with Gasteiger partial charge in [0.15, 0.2) is 12.1 Å². The molecule has 0 aliphatic carbocycles. The van der Waals surface area contributed by atoms with Crippen molar-refractivity contribution in [2.45, 2.75) is 34.0 Å². The third-order valence-corrected chi connectivity index (χ3v) is 2.28. The molecule has 1 atom stereocenters. The normalized spacial score (nSPS) is 12.2. The zero-order chi connectivity index (χ0) is 12.1. The average molecular weight is 222 g/mol. The van der Waals surface area contributed by atoms with E-state index in [4.69, 9.17) is 9.47 Å². The Morgan fingerprint density at radius 2 is 2.12 bits per heavy atom. The fraction of sp³-hybridized carbons (Fsp3) is 0.462. The molecule has 0 fully saturated rings. The predicted octanol–water partition coefficient (Wildman–Crippen LogP) is 2.96. The van der Waals surface area contributed by atoms with Crippen molar-refractivity contribution < 1.29 is 14.3 Å².